The summed E-state index contributed by atoms with van der Waals surface area (Å²) in [7, 11) is 4.30. The van der Waals surface area contributed by atoms with Crippen LogP contribution in [0.5, 0.6) is 11.5 Å². The van der Waals surface area contributed by atoms with Gasteiger partial charge in [0.15, 0.2) is 28.8 Å². The van der Waals surface area contributed by atoms with E-state index < -0.39 is 23.4 Å². The Hall–Kier alpha value is -3.90. The molecule has 4 rings (SSSR count). The third-order valence-corrected chi connectivity index (χ3v) is 5.50. The molecule has 37 heavy (non-hydrogen) atoms. The molecule has 0 aliphatic rings. The molecule has 1 N–H and O–H groups in total. The van der Waals surface area contributed by atoms with E-state index in [-0.39, 0.29) is 36.2 Å². The SMILES string of the molecule is COc1cc(OC)c(F)c(/N=c2\ccc3ncc(-c4cnn(C)c4)nc3n2CC(O)COC(C)C)c1F. The van der Waals surface area contributed by atoms with Gasteiger partial charge in [0.2, 0.25) is 0 Å². The lowest BCUT2D eigenvalue weighted by Gasteiger charge is -2.17. The van der Waals surface area contributed by atoms with Gasteiger partial charge in [-0.15, -0.1) is 0 Å². The Morgan fingerprint density at radius 2 is 1.78 bits per heavy atom. The second kappa shape index (κ2) is 11.0. The van der Waals surface area contributed by atoms with Crippen LogP contribution in [0.15, 0.2) is 41.8 Å². The molecule has 3 aromatic heterocycles. The number of aliphatic hydroxyl groups is 1. The van der Waals surface area contributed by atoms with Crippen LogP contribution in [-0.4, -0.2) is 62.5 Å². The van der Waals surface area contributed by atoms with E-state index in [0.29, 0.717) is 16.9 Å². The van der Waals surface area contributed by atoms with E-state index in [0.717, 1.165) is 11.6 Å². The van der Waals surface area contributed by atoms with Crippen molar-refractivity contribution in [1.82, 2.24) is 24.3 Å². The van der Waals surface area contributed by atoms with E-state index in [2.05, 4.69) is 15.1 Å². The van der Waals surface area contributed by atoms with Crippen molar-refractivity contribution in [2.45, 2.75) is 32.6 Å². The molecule has 0 saturated heterocycles. The average molecular weight is 515 g/mol. The molecule has 4 aromatic rings. The summed E-state index contributed by atoms with van der Waals surface area (Å²) in [6, 6.07) is 4.29. The van der Waals surface area contributed by atoms with Gasteiger partial charge in [-0.2, -0.15) is 5.10 Å². The molecule has 3 heterocycles. The standard InChI is InChI=1S/C25H28F2N6O4/c1-14(2)37-13-16(34)12-33-21(31-24-22(26)19(35-4)8-20(36-5)23(24)27)7-6-17-25(33)30-18(10-28-17)15-9-29-32(3)11-15/h6-11,14,16,34H,12-13H2,1-5H3/b31-21+. The first-order chi connectivity index (χ1) is 17.7. The largest absolute Gasteiger partial charge is 0.493 e. The Balaban J connectivity index is 1.95. The maximum atomic E-state index is 15.1. The predicted octanol–water partition coefficient (Wildman–Crippen LogP) is 3.15. The molecule has 0 fully saturated rings. The molecule has 1 aromatic carbocycles. The van der Waals surface area contributed by atoms with Crippen LogP contribution in [0.2, 0.25) is 0 Å². The van der Waals surface area contributed by atoms with Gasteiger partial charge in [-0.3, -0.25) is 9.67 Å². The number of halogens is 2. The number of nitrogens with zero attached hydrogens (tertiary/aromatic N) is 6. The van der Waals surface area contributed by atoms with E-state index in [4.69, 9.17) is 19.2 Å². The third-order valence-electron chi connectivity index (χ3n) is 5.50. The second-order valence-corrected chi connectivity index (χ2v) is 8.57. The number of hydrogen-bond donors (Lipinski definition) is 1. The molecule has 0 radical (unpaired) electrons. The number of ether oxygens (including phenoxy) is 3. The van der Waals surface area contributed by atoms with Crippen molar-refractivity contribution >= 4 is 16.9 Å². The fourth-order valence-corrected chi connectivity index (χ4v) is 3.68. The highest BCUT2D eigenvalue weighted by molar-refractivity contribution is 5.73. The zero-order chi connectivity index (χ0) is 26.7. The Morgan fingerprint density at radius 3 is 2.38 bits per heavy atom. The number of pyridine rings is 1. The minimum atomic E-state index is -0.994. The van der Waals surface area contributed by atoms with Crippen LogP contribution in [0, 0.1) is 11.6 Å². The van der Waals surface area contributed by atoms with Crippen LogP contribution in [0.3, 0.4) is 0 Å². The van der Waals surface area contributed by atoms with E-state index in [9.17, 15) is 5.11 Å². The van der Waals surface area contributed by atoms with Crippen LogP contribution in [0.4, 0.5) is 14.5 Å². The van der Waals surface area contributed by atoms with Crippen molar-refractivity contribution < 1.29 is 28.1 Å². The quantitative estimate of drug-likeness (QED) is 0.366. The second-order valence-electron chi connectivity index (χ2n) is 8.57. The molecule has 1 atom stereocenters. The molecule has 10 nitrogen and oxygen atoms in total. The average Bonchev–Trinajstić information content (AvgIpc) is 3.32. The highest BCUT2D eigenvalue weighted by Gasteiger charge is 2.21. The number of hydrogen-bond acceptors (Lipinski definition) is 8. The van der Waals surface area contributed by atoms with Crippen LogP contribution >= 0.6 is 0 Å². The molecule has 1 unspecified atom stereocenters. The molecule has 0 aliphatic heterocycles. The van der Waals surface area contributed by atoms with Gasteiger partial charge >= 0.3 is 0 Å². The van der Waals surface area contributed by atoms with Crippen molar-refractivity contribution in [3.63, 3.8) is 0 Å². The highest BCUT2D eigenvalue weighted by atomic mass is 19.1. The lowest BCUT2D eigenvalue weighted by Crippen LogP contribution is -2.31. The molecule has 0 saturated carbocycles. The maximum Gasteiger partial charge on any atom is 0.193 e. The molecule has 0 bridgehead atoms. The topological polar surface area (TPSA) is 109 Å². The molecule has 0 spiro atoms. The van der Waals surface area contributed by atoms with Crippen molar-refractivity contribution in [2.24, 2.45) is 12.0 Å². The van der Waals surface area contributed by atoms with E-state index in [1.54, 1.807) is 47.0 Å². The summed E-state index contributed by atoms with van der Waals surface area (Å²) in [6.07, 6.45) is 3.97. The van der Waals surface area contributed by atoms with Gasteiger partial charge in [-0.05, 0) is 26.0 Å². The lowest BCUT2D eigenvalue weighted by molar-refractivity contribution is -0.000712. The summed E-state index contributed by atoms with van der Waals surface area (Å²) in [6.45, 7) is 3.71. The summed E-state index contributed by atoms with van der Waals surface area (Å²) in [5.41, 5.74) is 1.62. The number of aryl methyl sites for hydroxylation is 1. The van der Waals surface area contributed by atoms with Gasteiger partial charge < -0.3 is 23.9 Å². The molecule has 0 aliphatic carbocycles. The maximum absolute atomic E-state index is 15.1. The Bertz CT molecular complexity index is 1460. The summed E-state index contributed by atoms with van der Waals surface area (Å²) in [4.78, 5) is 13.5. The van der Waals surface area contributed by atoms with Crippen LogP contribution in [0.25, 0.3) is 22.4 Å². The Kier molecular flexibility index (Phi) is 7.79. The lowest BCUT2D eigenvalue weighted by atomic mass is 10.2. The van der Waals surface area contributed by atoms with E-state index in [1.807, 2.05) is 13.8 Å². The van der Waals surface area contributed by atoms with Crippen molar-refractivity contribution in [3.05, 3.63) is 53.9 Å². The minimum absolute atomic E-state index is 0.0294. The first-order valence-corrected chi connectivity index (χ1v) is 11.5. The number of rotatable bonds is 9. The van der Waals surface area contributed by atoms with Crippen molar-refractivity contribution in [1.29, 1.82) is 0 Å². The Morgan fingerprint density at radius 1 is 1.08 bits per heavy atom. The van der Waals surface area contributed by atoms with Crippen LogP contribution < -0.4 is 15.0 Å². The first kappa shape index (κ1) is 26.2. The highest BCUT2D eigenvalue weighted by Crippen LogP contribution is 2.36. The van der Waals surface area contributed by atoms with E-state index >= 15 is 8.78 Å². The van der Waals surface area contributed by atoms with Crippen molar-refractivity contribution in [3.8, 4) is 22.8 Å². The number of benzene rings is 1. The smallest absolute Gasteiger partial charge is 0.193 e. The van der Waals surface area contributed by atoms with Crippen molar-refractivity contribution in [2.75, 3.05) is 20.8 Å². The minimum Gasteiger partial charge on any atom is -0.493 e. The monoisotopic (exact) mass is 514 g/mol. The molecule has 0 amide bonds. The van der Waals surface area contributed by atoms with Gasteiger partial charge in [-0.25, -0.2) is 18.8 Å². The van der Waals surface area contributed by atoms with Crippen LogP contribution in [-0.2, 0) is 18.3 Å². The van der Waals surface area contributed by atoms with Gasteiger partial charge in [0.1, 0.15) is 16.7 Å². The van der Waals surface area contributed by atoms with Gasteiger partial charge in [-0.1, -0.05) is 0 Å². The first-order valence-electron chi connectivity index (χ1n) is 11.5. The number of fused-ring (bicyclic) bond motifs is 1. The molecular weight excluding hydrogens is 486 g/mol. The number of aromatic nitrogens is 5. The Labute approximate surface area is 211 Å². The summed E-state index contributed by atoms with van der Waals surface area (Å²) >= 11 is 0. The zero-order valence-electron chi connectivity index (χ0n) is 21.1. The third kappa shape index (κ3) is 5.59. The fourth-order valence-electron chi connectivity index (χ4n) is 3.68. The summed E-state index contributed by atoms with van der Waals surface area (Å²) < 4.78 is 49.0. The van der Waals surface area contributed by atoms with E-state index in [1.165, 1.54) is 14.2 Å². The zero-order valence-corrected chi connectivity index (χ0v) is 21.1. The number of methoxy groups -OCH3 is 2. The normalized spacial score (nSPS) is 12.9. The number of aliphatic hydroxyl groups excluding tert-OH is 1. The molecular formula is C25H28F2N6O4. The molecule has 196 valence electrons. The summed E-state index contributed by atoms with van der Waals surface area (Å²) in [5.74, 6) is -2.45. The van der Waals surface area contributed by atoms with Gasteiger partial charge in [0.25, 0.3) is 0 Å². The molecule has 12 heteroatoms. The van der Waals surface area contributed by atoms with Gasteiger partial charge in [0.05, 0.1) is 57.7 Å². The summed E-state index contributed by atoms with van der Waals surface area (Å²) in [5, 5.41) is 14.9. The predicted molar refractivity (Wildman–Crippen MR) is 132 cm³/mol. The van der Waals surface area contributed by atoms with Gasteiger partial charge in [0, 0.05) is 24.9 Å². The fraction of sp³-hybridized carbons (Fsp3) is 0.360. The van der Waals surface area contributed by atoms with Crippen LogP contribution in [0.1, 0.15) is 13.8 Å².